The molecule has 0 atom stereocenters. The number of benzene rings is 2. The number of carbonyl (C=O) groups is 1. The van der Waals surface area contributed by atoms with Gasteiger partial charge in [-0.2, -0.15) is 18.4 Å². The van der Waals surface area contributed by atoms with Gasteiger partial charge < -0.3 is 9.15 Å². The van der Waals surface area contributed by atoms with Gasteiger partial charge in [-0.05, 0) is 63.1 Å². The van der Waals surface area contributed by atoms with Crippen LogP contribution in [0.15, 0.2) is 62.9 Å². The number of nitrogens with one attached hydrogen (secondary N) is 1. The number of ether oxygens (including phenoxy) is 1. The molecule has 1 aliphatic carbocycles. The fourth-order valence-electron chi connectivity index (χ4n) is 3.52. The highest BCUT2D eigenvalue weighted by molar-refractivity contribution is 7.89. The van der Waals surface area contributed by atoms with Crippen LogP contribution in [0.25, 0.3) is 0 Å². The van der Waals surface area contributed by atoms with Crippen molar-refractivity contribution in [1.82, 2.24) is 4.83 Å². The summed E-state index contributed by atoms with van der Waals surface area (Å²) in [6.07, 6.45) is 1.78. The second-order valence-electron chi connectivity index (χ2n) is 7.52. The van der Waals surface area contributed by atoms with Gasteiger partial charge in [0.2, 0.25) is 5.76 Å². The Kier molecular flexibility index (Phi) is 5.84. The molecule has 166 valence electrons. The van der Waals surface area contributed by atoms with Crippen molar-refractivity contribution < 1.29 is 26.8 Å². The maximum Gasteiger partial charge on any atom is 0.379 e. The monoisotopic (exact) mass is 456 g/mol. The second kappa shape index (κ2) is 8.58. The summed E-state index contributed by atoms with van der Waals surface area (Å²) in [7, 11) is -3.97. The van der Waals surface area contributed by atoms with Gasteiger partial charge in [0.1, 0.15) is 17.3 Å². The zero-order valence-corrected chi connectivity index (χ0v) is 18.3. The summed E-state index contributed by atoms with van der Waals surface area (Å²) in [4.78, 5) is 14.8. The van der Waals surface area contributed by atoms with Crippen LogP contribution in [0.1, 0.15) is 45.8 Å². The molecule has 2 aromatic carbocycles. The lowest BCUT2D eigenvalue weighted by atomic mass is 9.93. The van der Waals surface area contributed by atoms with Crippen LogP contribution in [0, 0.1) is 19.7 Å². The van der Waals surface area contributed by atoms with E-state index in [1.165, 1.54) is 0 Å². The lowest BCUT2D eigenvalue weighted by Gasteiger charge is -2.14. The summed E-state index contributed by atoms with van der Waals surface area (Å²) in [6.45, 7) is 3.64. The number of hydrogen-bond donors (Lipinski definition) is 1. The van der Waals surface area contributed by atoms with E-state index in [1.807, 2.05) is 19.1 Å². The first-order valence-corrected chi connectivity index (χ1v) is 11.5. The summed E-state index contributed by atoms with van der Waals surface area (Å²) < 4.78 is 49.3. The van der Waals surface area contributed by atoms with Gasteiger partial charge in [0, 0.05) is 17.5 Å². The van der Waals surface area contributed by atoms with Crippen molar-refractivity contribution in [1.29, 1.82) is 0 Å². The fourth-order valence-corrected chi connectivity index (χ4v) is 4.35. The Morgan fingerprint density at radius 1 is 1.06 bits per heavy atom. The van der Waals surface area contributed by atoms with Crippen LogP contribution in [-0.4, -0.2) is 20.1 Å². The van der Waals surface area contributed by atoms with Crippen LogP contribution in [0.5, 0.6) is 5.75 Å². The first kappa shape index (κ1) is 21.8. The molecule has 0 radical (unpaired) electrons. The molecule has 0 fully saturated rings. The Hall–Kier alpha value is -3.46. The molecular weight excluding hydrogens is 435 g/mol. The first-order chi connectivity index (χ1) is 15.2. The molecule has 9 heteroatoms. The number of furan rings is 1. The van der Waals surface area contributed by atoms with Crippen molar-refractivity contribution in [2.75, 3.05) is 0 Å². The lowest BCUT2D eigenvalue weighted by Crippen LogP contribution is -2.22. The Bertz CT molecular complexity index is 1290. The Balaban J connectivity index is 1.59. The number of hydrazone groups is 1. The molecule has 3 aromatic rings. The fraction of sp³-hybridized carbons (Fsp3) is 0.217. The standard InChI is InChI=1S/C23H21FN2O5S/c1-14-6-10-17(11-7-14)30-23(27)22-15(2)21-19(4-3-5-20(21)31-22)25-26-32(28,29)18-12-8-16(24)9-13-18/h6-13,26H,3-5H2,1-2H3/b25-19+. The van der Waals surface area contributed by atoms with Crippen LogP contribution in [-0.2, 0) is 16.4 Å². The van der Waals surface area contributed by atoms with Crippen molar-refractivity contribution >= 4 is 21.7 Å². The smallest absolute Gasteiger partial charge is 0.379 e. The number of esters is 1. The van der Waals surface area contributed by atoms with Gasteiger partial charge in [0.25, 0.3) is 10.0 Å². The number of nitrogens with zero attached hydrogens (tertiary/aromatic N) is 1. The Morgan fingerprint density at radius 2 is 1.75 bits per heavy atom. The van der Waals surface area contributed by atoms with Gasteiger partial charge >= 0.3 is 5.97 Å². The molecule has 0 spiro atoms. The van der Waals surface area contributed by atoms with Gasteiger partial charge in [0.15, 0.2) is 0 Å². The maximum atomic E-state index is 13.1. The Labute approximate surface area is 185 Å². The number of halogens is 1. The summed E-state index contributed by atoms with van der Waals surface area (Å²) in [5, 5.41) is 4.10. The third-order valence-electron chi connectivity index (χ3n) is 5.17. The van der Waals surface area contributed by atoms with Gasteiger partial charge in [0.05, 0.1) is 10.6 Å². The summed E-state index contributed by atoms with van der Waals surface area (Å²) in [5.41, 5.74) is 2.65. The lowest BCUT2D eigenvalue weighted by molar-refractivity contribution is 0.0698. The van der Waals surface area contributed by atoms with E-state index in [1.54, 1.807) is 19.1 Å². The van der Waals surface area contributed by atoms with Crippen molar-refractivity contribution in [3.05, 3.63) is 82.6 Å². The number of hydrogen-bond acceptors (Lipinski definition) is 6. The molecule has 1 heterocycles. The van der Waals surface area contributed by atoms with E-state index in [2.05, 4.69) is 9.93 Å². The molecular formula is C23H21FN2O5S. The first-order valence-electron chi connectivity index (χ1n) is 10.00. The highest BCUT2D eigenvalue weighted by Crippen LogP contribution is 2.30. The Morgan fingerprint density at radius 3 is 2.44 bits per heavy atom. The van der Waals surface area contributed by atoms with Crippen LogP contribution < -0.4 is 9.57 Å². The molecule has 0 saturated carbocycles. The largest absolute Gasteiger partial charge is 0.453 e. The zero-order chi connectivity index (χ0) is 22.9. The normalized spacial score (nSPS) is 14.8. The van der Waals surface area contributed by atoms with Crippen LogP contribution in [0.4, 0.5) is 4.39 Å². The number of rotatable bonds is 5. The minimum Gasteiger partial charge on any atom is -0.453 e. The third kappa shape index (κ3) is 4.43. The van der Waals surface area contributed by atoms with Crippen molar-refractivity contribution in [2.45, 2.75) is 38.0 Å². The van der Waals surface area contributed by atoms with E-state index in [4.69, 9.17) is 9.15 Å². The van der Waals surface area contributed by atoms with Gasteiger partial charge in [-0.15, -0.1) is 0 Å². The molecule has 1 aliphatic rings. The number of carbonyl (C=O) groups excluding carboxylic acids is 1. The average Bonchev–Trinajstić information content (AvgIpc) is 3.11. The van der Waals surface area contributed by atoms with Gasteiger partial charge in [-0.3, -0.25) is 0 Å². The topological polar surface area (TPSA) is 98.0 Å². The zero-order valence-electron chi connectivity index (χ0n) is 17.5. The predicted molar refractivity (Wildman–Crippen MR) is 116 cm³/mol. The SMILES string of the molecule is Cc1ccc(OC(=O)c2oc3c(c2C)/C(=N/NS(=O)(=O)c2ccc(F)cc2)CCC3)cc1. The van der Waals surface area contributed by atoms with E-state index in [9.17, 15) is 17.6 Å². The summed E-state index contributed by atoms with van der Waals surface area (Å²) >= 11 is 0. The number of fused-ring (bicyclic) bond motifs is 1. The molecule has 0 bridgehead atoms. The molecule has 32 heavy (non-hydrogen) atoms. The second-order valence-corrected chi connectivity index (χ2v) is 9.18. The molecule has 0 amide bonds. The third-order valence-corrected chi connectivity index (χ3v) is 6.39. The average molecular weight is 456 g/mol. The van der Waals surface area contributed by atoms with Crippen LogP contribution in [0.2, 0.25) is 0 Å². The maximum absolute atomic E-state index is 13.1. The molecule has 7 nitrogen and oxygen atoms in total. The highest BCUT2D eigenvalue weighted by Gasteiger charge is 2.29. The van der Waals surface area contributed by atoms with E-state index in [0.29, 0.717) is 47.6 Å². The molecule has 0 unspecified atom stereocenters. The highest BCUT2D eigenvalue weighted by atomic mass is 32.2. The molecule has 0 aliphatic heterocycles. The van der Waals surface area contributed by atoms with E-state index in [-0.39, 0.29) is 10.7 Å². The van der Waals surface area contributed by atoms with E-state index < -0.39 is 21.8 Å². The predicted octanol–water partition coefficient (Wildman–Crippen LogP) is 4.27. The quantitative estimate of drug-likeness (QED) is 0.351. The van der Waals surface area contributed by atoms with Crippen molar-refractivity contribution in [3.8, 4) is 5.75 Å². The number of aryl methyl sites for hydroxylation is 2. The van der Waals surface area contributed by atoms with Crippen LogP contribution >= 0.6 is 0 Å². The molecule has 4 rings (SSSR count). The number of sulfonamides is 1. The van der Waals surface area contributed by atoms with Crippen LogP contribution in [0.3, 0.4) is 0 Å². The molecule has 1 aromatic heterocycles. The van der Waals surface area contributed by atoms with Gasteiger partial charge in [-0.25, -0.2) is 9.18 Å². The summed E-state index contributed by atoms with van der Waals surface area (Å²) in [5.74, 6) is -0.149. The van der Waals surface area contributed by atoms with E-state index >= 15 is 0 Å². The van der Waals surface area contributed by atoms with E-state index in [0.717, 1.165) is 29.8 Å². The minimum absolute atomic E-state index is 0.0616. The van der Waals surface area contributed by atoms with Crippen molar-refractivity contribution in [3.63, 3.8) is 0 Å². The van der Waals surface area contributed by atoms with Crippen molar-refractivity contribution in [2.24, 2.45) is 5.10 Å². The molecule has 0 saturated heterocycles. The summed E-state index contributed by atoms with van der Waals surface area (Å²) in [6, 6.07) is 11.5. The minimum atomic E-state index is -3.97. The molecule has 1 N–H and O–H groups in total. The van der Waals surface area contributed by atoms with Gasteiger partial charge in [-0.1, -0.05) is 17.7 Å².